The van der Waals surface area contributed by atoms with Gasteiger partial charge in [-0.15, -0.1) is 0 Å². The van der Waals surface area contributed by atoms with Gasteiger partial charge in [0, 0.05) is 13.1 Å². The molecule has 20 heavy (non-hydrogen) atoms. The van der Waals surface area contributed by atoms with Gasteiger partial charge in [0.25, 0.3) is 0 Å². The average molecular weight is 299 g/mol. The van der Waals surface area contributed by atoms with Crippen molar-refractivity contribution in [2.75, 3.05) is 19.7 Å². The van der Waals surface area contributed by atoms with Crippen LogP contribution in [0, 0.1) is 13.8 Å². The highest BCUT2D eigenvalue weighted by molar-refractivity contribution is 7.89. The third kappa shape index (κ3) is 2.65. The van der Waals surface area contributed by atoms with Gasteiger partial charge in [0.15, 0.2) is 0 Å². The fourth-order valence-electron chi connectivity index (χ4n) is 2.47. The van der Waals surface area contributed by atoms with Gasteiger partial charge in [0.05, 0.1) is 24.5 Å². The topological polar surface area (TPSA) is 75.4 Å². The van der Waals surface area contributed by atoms with E-state index in [9.17, 15) is 8.42 Å². The van der Waals surface area contributed by atoms with Crippen LogP contribution in [0.3, 0.4) is 0 Å². The van der Waals surface area contributed by atoms with Gasteiger partial charge in [-0.3, -0.25) is 4.68 Å². The van der Waals surface area contributed by atoms with Crippen LogP contribution in [0.15, 0.2) is 16.5 Å². The Bertz CT molecular complexity index is 632. The van der Waals surface area contributed by atoms with Crippen LogP contribution in [0.5, 0.6) is 0 Å². The minimum Gasteiger partial charge on any atom is -0.394 e. The number of sulfonamides is 1. The molecule has 1 aliphatic rings. The predicted molar refractivity (Wildman–Crippen MR) is 75.9 cm³/mol. The summed E-state index contributed by atoms with van der Waals surface area (Å²) in [5, 5.41) is 13.2. The number of hydrogen-bond acceptors (Lipinski definition) is 4. The first kappa shape index (κ1) is 15.2. The monoisotopic (exact) mass is 299 g/mol. The Labute approximate surface area is 119 Å². The van der Waals surface area contributed by atoms with Crippen molar-refractivity contribution in [1.29, 1.82) is 0 Å². The fraction of sp³-hybridized carbons (Fsp3) is 0.615. The molecule has 0 aromatic carbocycles. The number of hydrogen-bond donors (Lipinski definition) is 1. The first-order chi connectivity index (χ1) is 9.37. The molecule has 6 nitrogen and oxygen atoms in total. The minimum atomic E-state index is -3.52. The van der Waals surface area contributed by atoms with E-state index in [0.717, 1.165) is 6.42 Å². The summed E-state index contributed by atoms with van der Waals surface area (Å²) in [6.45, 7) is 6.60. The molecule has 0 unspecified atom stereocenters. The van der Waals surface area contributed by atoms with Crippen molar-refractivity contribution in [2.24, 2.45) is 0 Å². The molecule has 0 aliphatic carbocycles. The SMILES string of the molecule is CC1=CCN(S(=O)(=O)c2c(C)nn(CCO)c2C)CC1. The lowest BCUT2D eigenvalue weighted by molar-refractivity contribution is 0.267. The van der Waals surface area contributed by atoms with Crippen molar-refractivity contribution < 1.29 is 13.5 Å². The van der Waals surface area contributed by atoms with Gasteiger partial charge in [-0.05, 0) is 27.2 Å². The van der Waals surface area contributed by atoms with E-state index in [1.807, 2.05) is 13.0 Å². The Hall–Kier alpha value is -1.18. The molecule has 1 aromatic rings. The summed E-state index contributed by atoms with van der Waals surface area (Å²) in [4.78, 5) is 0.277. The molecule has 0 atom stereocenters. The Morgan fingerprint density at radius 1 is 1.35 bits per heavy atom. The third-order valence-electron chi connectivity index (χ3n) is 3.62. The number of aliphatic hydroxyl groups is 1. The van der Waals surface area contributed by atoms with Crippen LogP contribution in [0.2, 0.25) is 0 Å². The molecule has 0 bridgehead atoms. The summed E-state index contributed by atoms with van der Waals surface area (Å²) < 4.78 is 28.5. The molecule has 1 aromatic heterocycles. The first-order valence-corrected chi connectivity index (χ1v) is 8.12. The van der Waals surface area contributed by atoms with Gasteiger partial charge < -0.3 is 5.11 Å². The Morgan fingerprint density at radius 2 is 2.05 bits per heavy atom. The second-order valence-corrected chi connectivity index (χ2v) is 6.99. The van der Waals surface area contributed by atoms with E-state index >= 15 is 0 Å². The molecule has 0 fully saturated rings. The highest BCUT2D eigenvalue weighted by atomic mass is 32.2. The maximum Gasteiger partial charge on any atom is 0.247 e. The van der Waals surface area contributed by atoms with Crippen molar-refractivity contribution in [3.8, 4) is 0 Å². The van der Waals surface area contributed by atoms with Gasteiger partial charge >= 0.3 is 0 Å². The zero-order valence-electron chi connectivity index (χ0n) is 12.1. The van der Waals surface area contributed by atoms with Gasteiger partial charge in [-0.1, -0.05) is 11.6 Å². The number of aryl methyl sites for hydroxylation is 1. The van der Waals surface area contributed by atoms with Gasteiger partial charge in [0.1, 0.15) is 4.90 Å². The van der Waals surface area contributed by atoms with Gasteiger partial charge in [-0.2, -0.15) is 9.40 Å². The average Bonchev–Trinajstić information content (AvgIpc) is 2.66. The highest BCUT2D eigenvalue weighted by Gasteiger charge is 2.31. The molecule has 1 N–H and O–H groups in total. The van der Waals surface area contributed by atoms with Crippen molar-refractivity contribution in [3.05, 3.63) is 23.0 Å². The maximum absolute atomic E-state index is 12.7. The van der Waals surface area contributed by atoms with E-state index in [2.05, 4.69) is 5.10 Å². The van der Waals surface area contributed by atoms with Gasteiger partial charge in [0.2, 0.25) is 10.0 Å². The molecule has 0 spiro atoms. The Balaban J connectivity index is 2.40. The van der Waals surface area contributed by atoms with Crippen LogP contribution >= 0.6 is 0 Å². The second kappa shape index (κ2) is 5.67. The lowest BCUT2D eigenvalue weighted by atomic mass is 10.1. The molecule has 0 saturated carbocycles. The zero-order chi connectivity index (χ0) is 14.9. The predicted octanol–water partition coefficient (Wildman–Crippen LogP) is 0.833. The molecule has 2 heterocycles. The summed E-state index contributed by atoms with van der Waals surface area (Å²) in [7, 11) is -3.52. The summed E-state index contributed by atoms with van der Waals surface area (Å²) in [5.74, 6) is 0. The lowest BCUT2D eigenvalue weighted by Gasteiger charge is -2.24. The zero-order valence-corrected chi connectivity index (χ0v) is 12.9. The molecule has 112 valence electrons. The Morgan fingerprint density at radius 3 is 2.60 bits per heavy atom. The van der Waals surface area contributed by atoms with E-state index in [-0.39, 0.29) is 11.5 Å². The summed E-state index contributed by atoms with van der Waals surface area (Å²) in [5.41, 5.74) is 2.30. The van der Waals surface area contributed by atoms with Crippen LogP contribution in [-0.4, -0.2) is 47.3 Å². The Kier molecular flexibility index (Phi) is 4.31. The smallest absolute Gasteiger partial charge is 0.247 e. The van der Waals surface area contributed by atoms with E-state index in [1.165, 1.54) is 9.88 Å². The molecule has 0 amide bonds. The maximum atomic E-state index is 12.7. The van der Waals surface area contributed by atoms with Crippen molar-refractivity contribution in [3.63, 3.8) is 0 Å². The molecular weight excluding hydrogens is 278 g/mol. The lowest BCUT2D eigenvalue weighted by Crippen LogP contribution is -2.35. The number of aromatic nitrogens is 2. The van der Waals surface area contributed by atoms with E-state index in [0.29, 0.717) is 31.0 Å². The van der Waals surface area contributed by atoms with Crippen molar-refractivity contribution in [1.82, 2.24) is 14.1 Å². The van der Waals surface area contributed by atoms with Crippen molar-refractivity contribution in [2.45, 2.75) is 38.6 Å². The van der Waals surface area contributed by atoms with Crippen molar-refractivity contribution >= 4 is 10.0 Å². The molecular formula is C13H21N3O3S. The third-order valence-corrected chi connectivity index (χ3v) is 5.74. The molecule has 0 radical (unpaired) electrons. The standard InChI is InChI=1S/C13H21N3O3S/c1-10-4-6-15(7-5-10)20(18,19)13-11(2)14-16(8-9-17)12(13)3/h4,17H,5-9H2,1-3H3. The highest BCUT2D eigenvalue weighted by Crippen LogP contribution is 2.25. The summed E-state index contributed by atoms with van der Waals surface area (Å²) in [6, 6.07) is 0. The molecule has 0 saturated heterocycles. The largest absolute Gasteiger partial charge is 0.394 e. The summed E-state index contributed by atoms with van der Waals surface area (Å²) in [6.07, 6.45) is 2.71. The van der Waals surface area contributed by atoms with Crippen LogP contribution < -0.4 is 0 Å². The van der Waals surface area contributed by atoms with Crippen LogP contribution in [-0.2, 0) is 16.6 Å². The number of aliphatic hydroxyl groups excluding tert-OH is 1. The number of rotatable bonds is 4. The van der Waals surface area contributed by atoms with Crippen LogP contribution in [0.4, 0.5) is 0 Å². The number of nitrogens with zero attached hydrogens (tertiary/aromatic N) is 3. The van der Waals surface area contributed by atoms with E-state index in [4.69, 9.17) is 5.11 Å². The fourth-order valence-corrected chi connectivity index (χ4v) is 4.22. The normalized spacial score (nSPS) is 17.3. The van der Waals surface area contributed by atoms with E-state index in [1.54, 1.807) is 18.5 Å². The van der Waals surface area contributed by atoms with Gasteiger partial charge in [-0.25, -0.2) is 8.42 Å². The molecule has 1 aliphatic heterocycles. The first-order valence-electron chi connectivity index (χ1n) is 6.68. The quantitative estimate of drug-likeness (QED) is 0.836. The minimum absolute atomic E-state index is 0.0624. The second-order valence-electron chi connectivity index (χ2n) is 5.11. The molecule has 7 heteroatoms. The summed E-state index contributed by atoms with van der Waals surface area (Å²) >= 11 is 0. The van der Waals surface area contributed by atoms with Crippen LogP contribution in [0.1, 0.15) is 24.7 Å². The van der Waals surface area contributed by atoms with Crippen LogP contribution in [0.25, 0.3) is 0 Å². The van der Waals surface area contributed by atoms with E-state index < -0.39 is 10.0 Å². The molecule has 2 rings (SSSR count).